The topological polar surface area (TPSA) is 68.4 Å². The average Bonchev–Trinajstić information content (AvgIpc) is 3.31. The van der Waals surface area contributed by atoms with E-state index in [2.05, 4.69) is 51.1 Å². The van der Waals surface area contributed by atoms with Crippen molar-refractivity contribution in [3.05, 3.63) is 72.1 Å². The largest absolute Gasteiger partial charge is 0.345 e. The van der Waals surface area contributed by atoms with E-state index in [4.69, 9.17) is 4.98 Å². The summed E-state index contributed by atoms with van der Waals surface area (Å²) in [5.74, 6) is -0.00969. The first-order chi connectivity index (χ1) is 17.0. The van der Waals surface area contributed by atoms with Crippen molar-refractivity contribution in [2.24, 2.45) is 0 Å². The lowest BCUT2D eigenvalue weighted by molar-refractivity contribution is 0.0827. The number of nitrogens with zero attached hydrogens (tertiary/aromatic N) is 5. The summed E-state index contributed by atoms with van der Waals surface area (Å²) in [4.78, 5) is 31.5. The highest BCUT2D eigenvalue weighted by Crippen LogP contribution is 2.29. The number of likely N-dealkylation sites (N-methyl/N-ethyl adjacent to an activating group) is 1. The van der Waals surface area contributed by atoms with Crippen molar-refractivity contribution in [1.82, 2.24) is 29.7 Å². The molecule has 0 bridgehead atoms. The van der Waals surface area contributed by atoms with E-state index in [1.165, 1.54) is 5.56 Å². The second-order valence-electron chi connectivity index (χ2n) is 9.52. The molecule has 5 rings (SSSR count). The number of aromatic amines is 1. The number of amides is 1. The van der Waals surface area contributed by atoms with Crippen LogP contribution in [0.1, 0.15) is 15.9 Å². The van der Waals surface area contributed by atoms with Crippen LogP contribution in [0.5, 0.6) is 0 Å². The minimum atomic E-state index is -0.00969. The van der Waals surface area contributed by atoms with E-state index in [-0.39, 0.29) is 5.91 Å². The lowest BCUT2D eigenvalue weighted by atomic mass is 10.0. The van der Waals surface area contributed by atoms with Gasteiger partial charge in [-0.05, 0) is 36.7 Å². The van der Waals surface area contributed by atoms with Crippen molar-refractivity contribution in [2.75, 3.05) is 53.9 Å². The summed E-state index contributed by atoms with van der Waals surface area (Å²) in [5.41, 5.74) is 7.47. The number of rotatable bonds is 6. The van der Waals surface area contributed by atoms with Gasteiger partial charge in [0.05, 0.1) is 11.9 Å². The van der Waals surface area contributed by atoms with Crippen LogP contribution in [0.2, 0.25) is 0 Å². The highest BCUT2D eigenvalue weighted by atomic mass is 16.2. The lowest BCUT2D eigenvalue weighted by Crippen LogP contribution is -2.45. The number of carbonyl (C=O) groups excluding carboxylic acids is 1. The van der Waals surface area contributed by atoms with Crippen LogP contribution < -0.4 is 0 Å². The zero-order valence-electron chi connectivity index (χ0n) is 20.7. The molecule has 1 fully saturated rings. The number of fused-ring (bicyclic) bond motifs is 1. The van der Waals surface area contributed by atoms with Gasteiger partial charge in [0, 0.05) is 69.7 Å². The summed E-state index contributed by atoms with van der Waals surface area (Å²) in [6.45, 7) is 5.71. The third kappa shape index (κ3) is 5.11. The van der Waals surface area contributed by atoms with Crippen LogP contribution in [0.4, 0.5) is 0 Å². The van der Waals surface area contributed by atoms with Crippen molar-refractivity contribution in [1.29, 1.82) is 0 Å². The molecule has 2 aromatic heterocycles. The standard InChI is InChI=1S/C28H32N6O/c1-32(2)28(35)23-10-8-21(9-11-23)24-18-29-27-26(24)31-25(19-30-27)22-6-4-20(5-7-22)12-13-34-16-14-33(3)15-17-34/h4-11,18-19H,12-17H2,1-3H3,(H,29,30). The molecule has 1 N–H and O–H groups in total. The van der Waals surface area contributed by atoms with Gasteiger partial charge in [0.2, 0.25) is 0 Å². The van der Waals surface area contributed by atoms with Crippen LogP contribution in [0.25, 0.3) is 33.5 Å². The van der Waals surface area contributed by atoms with Crippen LogP contribution >= 0.6 is 0 Å². The fourth-order valence-corrected chi connectivity index (χ4v) is 4.50. The third-order valence-electron chi connectivity index (χ3n) is 6.79. The molecular formula is C28H32N6O. The zero-order chi connectivity index (χ0) is 24.4. The molecule has 7 heteroatoms. The molecule has 0 saturated carbocycles. The Morgan fingerprint density at radius 1 is 0.971 bits per heavy atom. The highest BCUT2D eigenvalue weighted by molar-refractivity contribution is 5.96. The number of nitrogens with one attached hydrogen (secondary N) is 1. The van der Waals surface area contributed by atoms with Gasteiger partial charge in [-0.15, -0.1) is 0 Å². The number of hydrogen-bond donors (Lipinski definition) is 1. The van der Waals surface area contributed by atoms with Crippen molar-refractivity contribution in [3.63, 3.8) is 0 Å². The molecule has 3 heterocycles. The van der Waals surface area contributed by atoms with Crippen LogP contribution in [-0.2, 0) is 6.42 Å². The first kappa shape index (κ1) is 23.2. The number of aromatic nitrogens is 3. The van der Waals surface area contributed by atoms with Gasteiger partial charge >= 0.3 is 0 Å². The predicted octanol–water partition coefficient (Wildman–Crippen LogP) is 3.78. The molecule has 1 aliphatic rings. The number of H-pyrrole nitrogens is 1. The van der Waals surface area contributed by atoms with Crippen LogP contribution in [-0.4, -0.2) is 89.4 Å². The number of benzene rings is 2. The SMILES string of the molecule is CN1CCN(CCc2ccc(-c3cnc4[nH]cc(-c5ccc(C(=O)N(C)C)cc5)c4n3)cc2)CC1. The van der Waals surface area contributed by atoms with E-state index >= 15 is 0 Å². The van der Waals surface area contributed by atoms with E-state index in [1.54, 1.807) is 19.0 Å². The molecule has 35 heavy (non-hydrogen) atoms. The Kier molecular flexibility index (Phi) is 6.61. The lowest BCUT2D eigenvalue weighted by Gasteiger charge is -2.32. The fraction of sp³-hybridized carbons (Fsp3) is 0.321. The summed E-state index contributed by atoms with van der Waals surface area (Å²) < 4.78 is 0. The van der Waals surface area contributed by atoms with Gasteiger partial charge in [-0.1, -0.05) is 36.4 Å². The summed E-state index contributed by atoms with van der Waals surface area (Å²) in [5, 5.41) is 0. The molecule has 4 aromatic rings. The van der Waals surface area contributed by atoms with E-state index in [1.807, 2.05) is 36.7 Å². The Balaban J connectivity index is 1.32. The number of hydrogen-bond acceptors (Lipinski definition) is 5. The Bertz CT molecular complexity index is 1300. The van der Waals surface area contributed by atoms with Crippen LogP contribution in [0.3, 0.4) is 0 Å². The molecule has 0 unspecified atom stereocenters. The van der Waals surface area contributed by atoms with Gasteiger partial charge in [0.15, 0.2) is 5.65 Å². The maximum absolute atomic E-state index is 12.2. The van der Waals surface area contributed by atoms with Gasteiger partial charge in [0.1, 0.15) is 5.52 Å². The van der Waals surface area contributed by atoms with E-state index < -0.39 is 0 Å². The minimum Gasteiger partial charge on any atom is -0.345 e. The summed E-state index contributed by atoms with van der Waals surface area (Å²) in [6, 6.07) is 16.3. The average molecular weight is 469 g/mol. The molecule has 0 atom stereocenters. The molecule has 0 radical (unpaired) electrons. The Hall–Kier alpha value is -3.55. The van der Waals surface area contributed by atoms with Crippen molar-refractivity contribution in [2.45, 2.75) is 6.42 Å². The second kappa shape index (κ2) is 9.98. The normalized spacial score (nSPS) is 14.9. The van der Waals surface area contributed by atoms with Crippen molar-refractivity contribution >= 4 is 17.1 Å². The maximum atomic E-state index is 12.2. The molecular weight excluding hydrogens is 436 g/mol. The molecule has 1 amide bonds. The second-order valence-corrected chi connectivity index (χ2v) is 9.52. The summed E-state index contributed by atoms with van der Waals surface area (Å²) in [6.07, 6.45) is 4.81. The summed E-state index contributed by atoms with van der Waals surface area (Å²) in [7, 11) is 5.71. The molecule has 0 spiro atoms. The third-order valence-corrected chi connectivity index (χ3v) is 6.79. The van der Waals surface area contributed by atoms with Gasteiger partial charge in [-0.2, -0.15) is 0 Å². The maximum Gasteiger partial charge on any atom is 0.253 e. The van der Waals surface area contributed by atoms with Gasteiger partial charge in [-0.25, -0.2) is 9.97 Å². The monoisotopic (exact) mass is 468 g/mol. The molecule has 0 aliphatic carbocycles. The molecule has 2 aromatic carbocycles. The smallest absolute Gasteiger partial charge is 0.253 e. The molecule has 1 saturated heterocycles. The van der Waals surface area contributed by atoms with Crippen LogP contribution in [0.15, 0.2) is 60.9 Å². The van der Waals surface area contributed by atoms with E-state index in [0.29, 0.717) is 5.56 Å². The first-order valence-electron chi connectivity index (χ1n) is 12.1. The Labute approximate surface area is 206 Å². The van der Waals surface area contributed by atoms with Gasteiger partial charge in [0.25, 0.3) is 5.91 Å². The summed E-state index contributed by atoms with van der Waals surface area (Å²) >= 11 is 0. The Morgan fingerprint density at radius 2 is 1.66 bits per heavy atom. The number of piperazine rings is 1. The predicted molar refractivity (Wildman–Crippen MR) is 140 cm³/mol. The van der Waals surface area contributed by atoms with E-state index in [0.717, 1.165) is 72.7 Å². The zero-order valence-corrected chi connectivity index (χ0v) is 20.7. The van der Waals surface area contributed by atoms with Crippen LogP contribution in [0, 0.1) is 0 Å². The number of carbonyl (C=O) groups is 1. The quantitative estimate of drug-likeness (QED) is 0.466. The highest BCUT2D eigenvalue weighted by Gasteiger charge is 2.14. The minimum absolute atomic E-state index is 0.00969. The first-order valence-corrected chi connectivity index (χ1v) is 12.1. The Morgan fingerprint density at radius 3 is 2.34 bits per heavy atom. The fourth-order valence-electron chi connectivity index (χ4n) is 4.50. The molecule has 1 aliphatic heterocycles. The van der Waals surface area contributed by atoms with Crippen molar-refractivity contribution in [3.8, 4) is 22.4 Å². The van der Waals surface area contributed by atoms with E-state index in [9.17, 15) is 4.79 Å². The van der Waals surface area contributed by atoms with Gasteiger partial charge < -0.3 is 19.7 Å². The molecule has 180 valence electrons. The molecule has 7 nitrogen and oxygen atoms in total. The van der Waals surface area contributed by atoms with Gasteiger partial charge in [-0.3, -0.25) is 4.79 Å². The van der Waals surface area contributed by atoms with Crippen molar-refractivity contribution < 1.29 is 4.79 Å².